The quantitative estimate of drug-likeness (QED) is 0.797. The molecule has 1 saturated heterocycles. The van der Waals surface area contributed by atoms with Crippen molar-refractivity contribution in [1.82, 2.24) is 20.8 Å². The van der Waals surface area contributed by atoms with E-state index in [-0.39, 0.29) is 11.8 Å². The van der Waals surface area contributed by atoms with Crippen molar-refractivity contribution in [2.45, 2.75) is 19.4 Å². The van der Waals surface area contributed by atoms with Gasteiger partial charge < -0.3 is 10.6 Å². The number of aromatic amines is 1. The van der Waals surface area contributed by atoms with Crippen LogP contribution in [0.3, 0.4) is 0 Å². The molecular weight excluding hydrogens is 264 g/mol. The monoisotopic (exact) mass is 284 g/mol. The van der Waals surface area contributed by atoms with Gasteiger partial charge in [-0.15, -0.1) is 0 Å². The number of nitrogens with zero attached hydrogens (tertiary/aromatic N) is 1. The van der Waals surface area contributed by atoms with Crippen molar-refractivity contribution in [3.05, 3.63) is 30.0 Å². The SMILES string of the molecule is CC(C)(NC(=O)C1C2CNCC21)c1n[nH]c2ccccc12. The van der Waals surface area contributed by atoms with Crippen molar-refractivity contribution in [2.24, 2.45) is 17.8 Å². The third-order valence-electron chi connectivity index (χ3n) is 4.89. The highest BCUT2D eigenvalue weighted by Crippen LogP contribution is 2.49. The smallest absolute Gasteiger partial charge is 0.224 e. The predicted molar refractivity (Wildman–Crippen MR) is 80.6 cm³/mol. The van der Waals surface area contributed by atoms with Crippen LogP contribution in [-0.2, 0) is 10.3 Å². The predicted octanol–water partition coefficient (Wildman–Crippen LogP) is 1.38. The molecule has 0 radical (unpaired) electrons. The Labute approximate surface area is 123 Å². The third kappa shape index (κ3) is 1.95. The second-order valence-corrected chi connectivity index (χ2v) is 6.74. The van der Waals surface area contributed by atoms with E-state index in [0.717, 1.165) is 29.7 Å². The van der Waals surface area contributed by atoms with Crippen LogP contribution in [0.2, 0.25) is 0 Å². The van der Waals surface area contributed by atoms with Crippen LogP contribution < -0.4 is 10.6 Å². The molecule has 1 aliphatic carbocycles. The average molecular weight is 284 g/mol. The number of H-pyrrole nitrogens is 1. The van der Waals surface area contributed by atoms with E-state index in [2.05, 4.69) is 20.8 Å². The van der Waals surface area contributed by atoms with Gasteiger partial charge in [0.2, 0.25) is 5.91 Å². The standard InChI is InChI=1S/C16H20N4O/c1-16(2,14-9-5-3-4-6-12(9)19-20-14)18-15(21)13-10-7-17-8-11(10)13/h3-6,10-11,13,17H,7-8H2,1-2H3,(H,18,21)(H,19,20). The summed E-state index contributed by atoms with van der Waals surface area (Å²) >= 11 is 0. The van der Waals surface area contributed by atoms with Gasteiger partial charge in [-0.2, -0.15) is 5.10 Å². The molecule has 3 N–H and O–H groups in total. The first-order valence-corrected chi connectivity index (χ1v) is 7.54. The molecule has 2 aromatic rings. The largest absolute Gasteiger partial charge is 0.345 e. The summed E-state index contributed by atoms with van der Waals surface area (Å²) in [5, 5.41) is 15.0. The fourth-order valence-electron chi connectivity index (χ4n) is 3.70. The van der Waals surface area contributed by atoms with Gasteiger partial charge in [0.15, 0.2) is 0 Å². The molecule has 1 saturated carbocycles. The summed E-state index contributed by atoms with van der Waals surface area (Å²) in [6, 6.07) is 8.02. The molecule has 1 aliphatic heterocycles. The minimum atomic E-state index is -0.471. The summed E-state index contributed by atoms with van der Waals surface area (Å²) in [7, 11) is 0. The molecule has 2 aliphatic rings. The van der Waals surface area contributed by atoms with Crippen LogP contribution in [0.5, 0.6) is 0 Å². The van der Waals surface area contributed by atoms with Crippen LogP contribution in [0.4, 0.5) is 0 Å². The van der Waals surface area contributed by atoms with Gasteiger partial charge in [-0.05, 0) is 44.8 Å². The lowest BCUT2D eigenvalue weighted by atomic mass is 9.96. The van der Waals surface area contributed by atoms with Gasteiger partial charge in [0.05, 0.1) is 16.7 Å². The summed E-state index contributed by atoms with van der Waals surface area (Å²) in [5.74, 6) is 1.44. The lowest BCUT2D eigenvalue weighted by Crippen LogP contribution is -2.43. The lowest BCUT2D eigenvalue weighted by molar-refractivity contribution is -0.124. The second kappa shape index (κ2) is 4.31. The summed E-state index contributed by atoms with van der Waals surface area (Å²) in [4.78, 5) is 12.5. The highest BCUT2D eigenvalue weighted by molar-refractivity contribution is 5.86. The third-order valence-corrected chi connectivity index (χ3v) is 4.89. The van der Waals surface area contributed by atoms with Crippen molar-refractivity contribution >= 4 is 16.8 Å². The molecular formula is C16H20N4O. The minimum Gasteiger partial charge on any atom is -0.345 e. The normalized spacial score (nSPS) is 27.6. The Morgan fingerprint density at radius 2 is 2.00 bits per heavy atom. The summed E-state index contributed by atoms with van der Waals surface area (Å²) < 4.78 is 0. The zero-order valence-electron chi connectivity index (χ0n) is 12.3. The molecule has 2 heterocycles. The zero-order valence-corrected chi connectivity index (χ0v) is 12.3. The number of para-hydroxylation sites is 1. The molecule has 1 aromatic heterocycles. The first-order valence-electron chi connectivity index (χ1n) is 7.54. The Balaban J connectivity index is 1.57. The zero-order chi connectivity index (χ0) is 14.6. The van der Waals surface area contributed by atoms with E-state index in [1.165, 1.54) is 0 Å². The van der Waals surface area contributed by atoms with Crippen LogP contribution in [-0.4, -0.2) is 29.2 Å². The highest BCUT2D eigenvalue weighted by atomic mass is 16.2. The van der Waals surface area contributed by atoms with Crippen LogP contribution >= 0.6 is 0 Å². The molecule has 1 amide bonds. The number of piperidine rings is 1. The maximum Gasteiger partial charge on any atom is 0.224 e. The van der Waals surface area contributed by atoms with E-state index in [4.69, 9.17) is 0 Å². The fraction of sp³-hybridized carbons (Fsp3) is 0.500. The van der Waals surface area contributed by atoms with Gasteiger partial charge in [0.25, 0.3) is 0 Å². The van der Waals surface area contributed by atoms with E-state index in [0.29, 0.717) is 11.8 Å². The van der Waals surface area contributed by atoms with Gasteiger partial charge in [0.1, 0.15) is 0 Å². The number of carbonyl (C=O) groups excluding carboxylic acids is 1. The second-order valence-electron chi connectivity index (χ2n) is 6.74. The highest BCUT2D eigenvalue weighted by Gasteiger charge is 2.57. The van der Waals surface area contributed by atoms with E-state index in [9.17, 15) is 4.79 Å². The van der Waals surface area contributed by atoms with E-state index in [1.807, 2.05) is 38.1 Å². The number of aromatic nitrogens is 2. The molecule has 2 atom stereocenters. The number of rotatable bonds is 3. The molecule has 2 unspecified atom stereocenters. The van der Waals surface area contributed by atoms with Crippen molar-refractivity contribution in [3.63, 3.8) is 0 Å². The number of benzene rings is 1. The molecule has 4 rings (SSSR count). The molecule has 2 fully saturated rings. The summed E-state index contributed by atoms with van der Waals surface area (Å²) in [6.07, 6.45) is 0. The van der Waals surface area contributed by atoms with Crippen molar-refractivity contribution in [1.29, 1.82) is 0 Å². The van der Waals surface area contributed by atoms with Gasteiger partial charge in [-0.3, -0.25) is 9.89 Å². The number of carbonyl (C=O) groups is 1. The molecule has 5 nitrogen and oxygen atoms in total. The Morgan fingerprint density at radius 3 is 2.76 bits per heavy atom. The summed E-state index contributed by atoms with van der Waals surface area (Å²) in [6.45, 7) is 6.00. The molecule has 5 heteroatoms. The maximum atomic E-state index is 12.5. The maximum absolute atomic E-state index is 12.5. The van der Waals surface area contributed by atoms with Gasteiger partial charge in [-0.25, -0.2) is 0 Å². The number of nitrogens with one attached hydrogen (secondary N) is 3. The van der Waals surface area contributed by atoms with Gasteiger partial charge in [-0.1, -0.05) is 18.2 Å². The number of hydrogen-bond donors (Lipinski definition) is 3. The van der Waals surface area contributed by atoms with Crippen LogP contribution in [0.15, 0.2) is 24.3 Å². The Morgan fingerprint density at radius 1 is 1.29 bits per heavy atom. The molecule has 21 heavy (non-hydrogen) atoms. The van der Waals surface area contributed by atoms with Crippen LogP contribution in [0, 0.1) is 17.8 Å². The molecule has 0 spiro atoms. The molecule has 110 valence electrons. The van der Waals surface area contributed by atoms with Crippen LogP contribution in [0.25, 0.3) is 10.9 Å². The first kappa shape index (κ1) is 12.8. The number of hydrogen-bond acceptors (Lipinski definition) is 3. The van der Waals surface area contributed by atoms with Gasteiger partial charge >= 0.3 is 0 Å². The van der Waals surface area contributed by atoms with Crippen molar-refractivity contribution in [2.75, 3.05) is 13.1 Å². The van der Waals surface area contributed by atoms with Crippen molar-refractivity contribution in [3.8, 4) is 0 Å². The minimum absolute atomic E-state index is 0.170. The Bertz CT molecular complexity index is 695. The average Bonchev–Trinajstić information content (AvgIpc) is 2.82. The topological polar surface area (TPSA) is 69.8 Å². The Kier molecular flexibility index (Phi) is 2.63. The van der Waals surface area contributed by atoms with Crippen LogP contribution in [0.1, 0.15) is 19.5 Å². The van der Waals surface area contributed by atoms with Crippen molar-refractivity contribution < 1.29 is 4.79 Å². The number of amides is 1. The lowest BCUT2D eigenvalue weighted by Gasteiger charge is -2.25. The van der Waals surface area contributed by atoms with Gasteiger partial charge in [0, 0.05) is 11.3 Å². The van der Waals surface area contributed by atoms with E-state index >= 15 is 0 Å². The fourth-order valence-corrected chi connectivity index (χ4v) is 3.70. The molecule has 1 aromatic carbocycles. The number of fused-ring (bicyclic) bond motifs is 2. The Hall–Kier alpha value is -1.88. The van der Waals surface area contributed by atoms with E-state index < -0.39 is 5.54 Å². The van der Waals surface area contributed by atoms with E-state index in [1.54, 1.807) is 0 Å². The first-order chi connectivity index (χ1) is 10.1. The summed E-state index contributed by atoms with van der Waals surface area (Å²) in [5.41, 5.74) is 1.43. The molecule has 0 bridgehead atoms.